The lowest BCUT2D eigenvalue weighted by Gasteiger charge is -2.27. The predicted octanol–water partition coefficient (Wildman–Crippen LogP) is 6.96. The van der Waals surface area contributed by atoms with E-state index in [1.165, 1.54) is 0 Å². The number of aromatic hydroxyl groups is 1. The molecule has 0 amide bonds. The summed E-state index contributed by atoms with van der Waals surface area (Å²) in [6.45, 7) is 5.57. The second-order valence-corrected chi connectivity index (χ2v) is 11.5. The van der Waals surface area contributed by atoms with Gasteiger partial charge in [-0.1, -0.05) is 23.7 Å². The van der Waals surface area contributed by atoms with Crippen LogP contribution in [-0.2, 0) is 27.5 Å². The van der Waals surface area contributed by atoms with Crippen molar-refractivity contribution in [2.75, 3.05) is 32.9 Å². The minimum Gasteiger partial charge on any atom is -0.506 e. The topological polar surface area (TPSA) is 63.9 Å². The van der Waals surface area contributed by atoms with Gasteiger partial charge in [-0.2, -0.15) is 11.8 Å². The van der Waals surface area contributed by atoms with E-state index in [1.807, 2.05) is 31.2 Å². The van der Waals surface area contributed by atoms with Crippen LogP contribution < -0.4 is 0 Å². The number of benzene rings is 2. The summed E-state index contributed by atoms with van der Waals surface area (Å²) in [5.74, 6) is 1.29. The highest BCUT2D eigenvalue weighted by atomic mass is 79.9. The molecule has 1 saturated carbocycles. The molecule has 0 unspecified atom stereocenters. The van der Waals surface area contributed by atoms with Gasteiger partial charge in [-0.25, -0.2) is 4.79 Å². The van der Waals surface area contributed by atoms with Gasteiger partial charge in [0.05, 0.1) is 35.4 Å². The number of hydrogen-bond donors (Lipinski definition) is 1. The molecule has 0 bridgehead atoms. The zero-order chi connectivity index (χ0) is 25.2. The number of aromatic nitrogens is 1. The van der Waals surface area contributed by atoms with Crippen LogP contribution in [0.15, 0.2) is 34.8 Å². The molecule has 37 heavy (non-hydrogen) atoms. The van der Waals surface area contributed by atoms with E-state index < -0.39 is 0 Å². The first-order valence-electron chi connectivity index (χ1n) is 12.3. The number of esters is 1. The number of thioether (sulfide) groups is 1. The molecular weight excluding hydrogens is 599 g/mol. The number of nitrogens with zero attached hydrogens (tertiary/aromatic N) is 2. The molecule has 1 aliphatic carbocycles. The van der Waals surface area contributed by atoms with Gasteiger partial charge in [-0.3, -0.25) is 4.90 Å². The van der Waals surface area contributed by atoms with Gasteiger partial charge in [0.25, 0.3) is 0 Å². The molecule has 5 rings (SSSR count). The molecule has 2 aliphatic rings. The molecule has 2 heterocycles. The lowest BCUT2D eigenvalue weighted by atomic mass is 10.0. The minimum absolute atomic E-state index is 0. The standard InChI is InChI=1S/C27H30BrClN2O4S.ClH/c1-2-35-27(33)25-23(16-36-15-17-4-3-5-18(29)12-17)31(19-6-7-19)22-13-21(28)26(32)20(24(22)25)14-30-8-10-34-11-9-30;/h3-5,12-13,19,32H,2,6-11,14-16H2,1H3;1H. The quantitative estimate of drug-likeness (QED) is 0.258. The number of carbonyl (C=O) groups excluding carboxylic acids is 1. The van der Waals surface area contributed by atoms with Crippen LogP contribution in [0.5, 0.6) is 5.75 Å². The number of fused-ring (bicyclic) bond motifs is 1. The van der Waals surface area contributed by atoms with Crippen molar-refractivity contribution in [1.82, 2.24) is 9.47 Å². The monoisotopic (exact) mass is 628 g/mol. The van der Waals surface area contributed by atoms with E-state index in [1.54, 1.807) is 11.8 Å². The number of phenolic OH excluding ortho intramolecular Hbond substituents is 1. The Morgan fingerprint density at radius 1 is 1.24 bits per heavy atom. The molecule has 1 N–H and O–H groups in total. The first kappa shape index (κ1) is 28.6. The number of carbonyl (C=O) groups is 1. The number of morpholine rings is 1. The summed E-state index contributed by atoms with van der Waals surface area (Å²) < 4.78 is 14.1. The maximum Gasteiger partial charge on any atom is 0.340 e. The van der Waals surface area contributed by atoms with Crippen molar-refractivity contribution in [2.24, 2.45) is 0 Å². The second kappa shape index (κ2) is 12.6. The van der Waals surface area contributed by atoms with Crippen molar-refractivity contribution in [3.63, 3.8) is 0 Å². The van der Waals surface area contributed by atoms with Crippen LogP contribution in [-0.4, -0.2) is 53.5 Å². The maximum atomic E-state index is 13.5. The van der Waals surface area contributed by atoms with E-state index in [0.29, 0.717) is 48.2 Å². The van der Waals surface area contributed by atoms with Crippen LogP contribution in [0, 0.1) is 0 Å². The smallest absolute Gasteiger partial charge is 0.340 e. The van der Waals surface area contributed by atoms with Gasteiger partial charge in [0.1, 0.15) is 5.75 Å². The van der Waals surface area contributed by atoms with E-state index in [9.17, 15) is 9.90 Å². The molecule has 200 valence electrons. The third-order valence-corrected chi connectivity index (χ3v) is 8.55. The molecule has 6 nitrogen and oxygen atoms in total. The predicted molar refractivity (Wildman–Crippen MR) is 155 cm³/mol. The van der Waals surface area contributed by atoms with Crippen molar-refractivity contribution >= 4 is 68.6 Å². The van der Waals surface area contributed by atoms with E-state index >= 15 is 0 Å². The van der Waals surface area contributed by atoms with Gasteiger partial charge in [0.2, 0.25) is 0 Å². The van der Waals surface area contributed by atoms with Crippen LogP contribution >= 0.6 is 51.7 Å². The van der Waals surface area contributed by atoms with Gasteiger partial charge in [0.15, 0.2) is 0 Å². The molecule has 3 aromatic rings. The van der Waals surface area contributed by atoms with Crippen molar-refractivity contribution in [1.29, 1.82) is 0 Å². The highest BCUT2D eigenvalue weighted by Crippen LogP contribution is 2.47. The molecule has 0 spiro atoms. The van der Waals surface area contributed by atoms with Crippen LogP contribution in [0.2, 0.25) is 5.02 Å². The molecule has 0 atom stereocenters. The fourth-order valence-electron chi connectivity index (χ4n) is 4.90. The molecule has 1 aromatic heterocycles. The van der Waals surface area contributed by atoms with E-state index in [-0.39, 0.29) is 24.1 Å². The third-order valence-electron chi connectivity index (χ3n) is 6.70. The fourth-order valence-corrected chi connectivity index (χ4v) is 6.56. The summed E-state index contributed by atoms with van der Waals surface area (Å²) in [6.07, 6.45) is 2.16. The number of hydrogen-bond acceptors (Lipinski definition) is 6. The average Bonchev–Trinajstić information content (AvgIpc) is 3.65. The number of phenols is 1. The van der Waals surface area contributed by atoms with Crippen LogP contribution in [0.25, 0.3) is 10.9 Å². The lowest BCUT2D eigenvalue weighted by Crippen LogP contribution is -2.35. The summed E-state index contributed by atoms with van der Waals surface area (Å²) >= 11 is 11.5. The number of rotatable bonds is 9. The Hall–Kier alpha value is -1.42. The first-order valence-corrected chi connectivity index (χ1v) is 14.7. The van der Waals surface area contributed by atoms with Crippen LogP contribution in [0.3, 0.4) is 0 Å². The van der Waals surface area contributed by atoms with E-state index in [2.05, 4.69) is 31.5 Å². The van der Waals surface area contributed by atoms with E-state index in [0.717, 1.165) is 64.4 Å². The Morgan fingerprint density at radius 3 is 2.68 bits per heavy atom. The number of ether oxygens (including phenoxy) is 2. The largest absolute Gasteiger partial charge is 0.506 e. The number of halogens is 3. The minimum atomic E-state index is -0.329. The molecule has 10 heteroatoms. The van der Waals surface area contributed by atoms with Gasteiger partial charge < -0.3 is 19.1 Å². The average molecular weight is 630 g/mol. The van der Waals surface area contributed by atoms with Crippen molar-refractivity contribution < 1.29 is 19.4 Å². The normalized spacial score (nSPS) is 16.1. The molecule has 2 fully saturated rings. The molecule has 1 saturated heterocycles. The maximum absolute atomic E-state index is 13.5. The van der Waals surface area contributed by atoms with Crippen LogP contribution in [0.4, 0.5) is 0 Å². The van der Waals surface area contributed by atoms with Crippen molar-refractivity contribution in [3.05, 3.63) is 62.2 Å². The van der Waals surface area contributed by atoms with Gasteiger partial charge in [-0.15, -0.1) is 12.4 Å². The SMILES string of the molecule is CCOC(=O)c1c(CSCc2cccc(Cl)c2)n(C2CC2)c2cc(Br)c(O)c(CN3CCOCC3)c12.Cl. The summed E-state index contributed by atoms with van der Waals surface area (Å²) in [7, 11) is 0. The Labute approximate surface area is 241 Å². The summed E-state index contributed by atoms with van der Waals surface area (Å²) in [5.41, 5.74) is 4.45. The van der Waals surface area contributed by atoms with Gasteiger partial charge in [-0.05, 0) is 59.5 Å². The first-order chi connectivity index (χ1) is 17.5. The summed E-state index contributed by atoms with van der Waals surface area (Å²) in [6, 6.07) is 10.2. The van der Waals surface area contributed by atoms with Gasteiger partial charge >= 0.3 is 5.97 Å². The highest BCUT2D eigenvalue weighted by Gasteiger charge is 2.34. The molecule has 0 radical (unpaired) electrons. The Balaban J connectivity index is 0.00000320. The molecule has 1 aliphatic heterocycles. The Morgan fingerprint density at radius 2 is 2.00 bits per heavy atom. The summed E-state index contributed by atoms with van der Waals surface area (Å²) in [4.78, 5) is 15.7. The highest BCUT2D eigenvalue weighted by molar-refractivity contribution is 9.10. The zero-order valence-electron chi connectivity index (χ0n) is 20.7. The van der Waals surface area contributed by atoms with E-state index in [4.69, 9.17) is 21.1 Å². The molecular formula is C27H31BrCl2N2O4S. The Bertz CT molecular complexity index is 1280. The van der Waals surface area contributed by atoms with Crippen molar-refractivity contribution in [2.45, 2.75) is 43.9 Å². The van der Waals surface area contributed by atoms with Gasteiger partial charge in [0, 0.05) is 58.8 Å². The Kier molecular flexibility index (Phi) is 9.75. The molecule has 2 aromatic carbocycles. The zero-order valence-corrected chi connectivity index (χ0v) is 24.6. The fraction of sp³-hybridized carbons (Fsp3) is 0.444. The third kappa shape index (κ3) is 6.26. The lowest BCUT2D eigenvalue weighted by molar-refractivity contribution is 0.0340. The second-order valence-electron chi connectivity index (χ2n) is 9.23. The van der Waals surface area contributed by atoms with Crippen LogP contribution in [0.1, 0.15) is 53.0 Å². The summed E-state index contributed by atoms with van der Waals surface area (Å²) in [5, 5.41) is 12.7. The van der Waals surface area contributed by atoms with Crippen molar-refractivity contribution in [3.8, 4) is 5.75 Å².